The maximum absolute atomic E-state index is 12.4. The first-order valence-electron chi connectivity index (χ1n) is 7.09. The number of nitrogens with zero attached hydrogens (tertiary/aromatic N) is 1. The van der Waals surface area contributed by atoms with E-state index in [0.717, 1.165) is 11.4 Å². The van der Waals surface area contributed by atoms with E-state index in [-0.39, 0.29) is 35.5 Å². The number of fused-ring (bicyclic) bond motifs is 5. The van der Waals surface area contributed by atoms with E-state index < -0.39 is 5.91 Å². The molecule has 1 saturated carbocycles. The first kappa shape index (κ1) is 12.3. The SMILES string of the molecule is O=C(NN1C(=O)[C@@H]2[C@@H](C1=O)[C@H]1C=C[C@H]2C1)c1ccccc1. The third-order valence-corrected chi connectivity index (χ3v) is 4.72. The van der Waals surface area contributed by atoms with Crippen LogP contribution in [-0.2, 0) is 9.59 Å². The quantitative estimate of drug-likeness (QED) is 0.653. The van der Waals surface area contributed by atoms with E-state index in [2.05, 4.69) is 5.43 Å². The molecule has 21 heavy (non-hydrogen) atoms. The molecule has 0 unspecified atom stereocenters. The van der Waals surface area contributed by atoms with Crippen molar-refractivity contribution in [3.8, 4) is 0 Å². The topological polar surface area (TPSA) is 66.5 Å². The Morgan fingerprint density at radius 2 is 1.57 bits per heavy atom. The van der Waals surface area contributed by atoms with Crippen LogP contribution in [-0.4, -0.2) is 22.7 Å². The first-order valence-corrected chi connectivity index (χ1v) is 7.09. The van der Waals surface area contributed by atoms with E-state index >= 15 is 0 Å². The summed E-state index contributed by atoms with van der Waals surface area (Å²) in [7, 11) is 0. The van der Waals surface area contributed by atoms with Crippen LogP contribution >= 0.6 is 0 Å². The lowest BCUT2D eigenvalue weighted by Gasteiger charge is -2.17. The zero-order valence-electron chi connectivity index (χ0n) is 11.2. The Morgan fingerprint density at radius 3 is 2.14 bits per heavy atom. The van der Waals surface area contributed by atoms with E-state index in [0.29, 0.717) is 5.56 Å². The van der Waals surface area contributed by atoms with Crippen molar-refractivity contribution in [3.63, 3.8) is 0 Å². The van der Waals surface area contributed by atoms with Crippen LogP contribution in [0.1, 0.15) is 16.8 Å². The Hall–Kier alpha value is -2.43. The first-order chi connectivity index (χ1) is 10.2. The van der Waals surface area contributed by atoms with Crippen molar-refractivity contribution >= 4 is 17.7 Å². The van der Waals surface area contributed by atoms with Crippen molar-refractivity contribution in [2.75, 3.05) is 0 Å². The number of carbonyl (C=O) groups excluding carboxylic acids is 3. The minimum atomic E-state index is -0.433. The number of amides is 3. The molecule has 4 rings (SSSR count). The molecule has 1 aromatic carbocycles. The summed E-state index contributed by atoms with van der Waals surface area (Å²) in [5.41, 5.74) is 2.89. The molecule has 1 saturated heterocycles. The number of imide groups is 1. The Kier molecular flexibility index (Phi) is 2.51. The summed E-state index contributed by atoms with van der Waals surface area (Å²) in [6.45, 7) is 0. The molecule has 2 fully saturated rings. The molecule has 1 heterocycles. The Labute approximate surface area is 121 Å². The third kappa shape index (κ3) is 1.67. The van der Waals surface area contributed by atoms with E-state index in [4.69, 9.17) is 0 Å². The molecule has 1 N–H and O–H groups in total. The maximum atomic E-state index is 12.4. The van der Waals surface area contributed by atoms with Gasteiger partial charge in [0.25, 0.3) is 17.7 Å². The number of hydrazine groups is 1. The van der Waals surface area contributed by atoms with Crippen LogP contribution in [0.15, 0.2) is 42.5 Å². The summed E-state index contributed by atoms with van der Waals surface area (Å²) in [4.78, 5) is 36.9. The van der Waals surface area contributed by atoms with Gasteiger partial charge in [-0.2, -0.15) is 5.01 Å². The van der Waals surface area contributed by atoms with Crippen molar-refractivity contribution in [1.82, 2.24) is 10.4 Å². The average molecular weight is 282 g/mol. The van der Waals surface area contributed by atoms with Gasteiger partial charge in [0, 0.05) is 5.56 Å². The van der Waals surface area contributed by atoms with Crippen molar-refractivity contribution in [3.05, 3.63) is 48.0 Å². The average Bonchev–Trinajstić information content (AvgIpc) is 3.18. The molecular weight excluding hydrogens is 268 g/mol. The monoisotopic (exact) mass is 282 g/mol. The second-order valence-corrected chi connectivity index (χ2v) is 5.82. The van der Waals surface area contributed by atoms with Crippen molar-refractivity contribution < 1.29 is 14.4 Å². The molecule has 0 aromatic heterocycles. The molecule has 1 aromatic rings. The standard InChI is InChI=1S/C16H14N2O3/c19-14(9-4-2-1-3-5-9)17-18-15(20)12-10-6-7-11(8-10)13(12)16(18)21/h1-7,10-13H,8H2,(H,17,19)/t10-,11-,12-,13-/m0/s1. The van der Waals surface area contributed by atoms with E-state index in [1.165, 1.54) is 0 Å². The maximum Gasteiger partial charge on any atom is 0.270 e. The summed E-state index contributed by atoms with van der Waals surface area (Å²) in [5.74, 6) is -1.26. The van der Waals surface area contributed by atoms with Crippen LogP contribution in [0.25, 0.3) is 0 Å². The highest BCUT2D eigenvalue weighted by atomic mass is 16.2. The molecule has 5 heteroatoms. The summed E-state index contributed by atoms with van der Waals surface area (Å²) < 4.78 is 0. The molecule has 2 aliphatic carbocycles. The predicted molar refractivity (Wildman–Crippen MR) is 73.5 cm³/mol. The highest BCUT2D eigenvalue weighted by molar-refractivity contribution is 6.08. The number of nitrogens with one attached hydrogen (secondary N) is 1. The molecule has 0 radical (unpaired) electrons. The zero-order valence-corrected chi connectivity index (χ0v) is 11.2. The number of carbonyl (C=O) groups is 3. The highest BCUT2D eigenvalue weighted by Gasteiger charge is 2.59. The van der Waals surface area contributed by atoms with Gasteiger partial charge in [-0.3, -0.25) is 19.8 Å². The second-order valence-electron chi connectivity index (χ2n) is 5.82. The van der Waals surface area contributed by atoms with E-state index in [1.807, 2.05) is 12.2 Å². The summed E-state index contributed by atoms with van der Waals surface area (Å²) in [6, 6.07) is 8.57. The third-order valence-electron chi connectivity index (χ3n) is 4.72. The van der Waals surface area contributed by atoms with Crippen molar-refractivity contribution in [1.29, 1.82) is 0 Å². The predicted octanol–water partition coefficient (Wildman–Crippen LogP) is 1.14. The van der Waals surface area contributed by atoms with Crippen LogP contribution < -0.4 is 5.43 Å². The molecule has 2 bridgehead atoms. The van der Waals surface area contributed by atoms with Gasteiger partial charge in [0.05, 0.1) is 11.8 Å². The minimum absolute atomic E-state index is 0.148. The molecule has 4 atom stereocenters. The van der Waals surface area contributed by atoms with Crippen molar-refractivity contribution in [2.24, 2.45) is 23.7 Å². The van der Waals surface area contributed by atoms with Gasteiger partial charge in [-0.1, -0.05) is 30.4 Å². The van der Waals surface area contributed by atoms with Crippen LogP contribution in [0, 0.1) is 23.7 Å². The second kappa shape index (κ2) is 4.28. The fraction of sp³-hybridized carbons (Fsp3) is 0.312. The Morgan fingerprint density at radius 1 is 1.00 bits per heavy atom. The lowest BCUT2D eigenvalue weighted by molar-refractivity contribution is -0.143. The summed E-state index contributed by atoms with van der Waals surface area (Å²) >= 11 is 0. The fourth-order valence-electron chi connectivity index (χ4n) is 3.77. The van der Waals surface area contributed by atoms with Crippen molar-refractivity contribution in [2.45, 2.75) is 6.42 Å². The van der Waals surface area contributed by atoms with Crippen LogP contribution in [0.2, 0.25) is 0 Å². The van der Waals surface area contributed by atoms with Crippen LogP contribution in [0.3, 0.4) is 0 Å². The smallest absolute Gasteiger partial charge is 0.270 e. The van der Waals surface area contributed by atoms with Gasteiger partial charge in [0.15, 0.2) is 0 Å². The van der Waals surface area contributed by atoms with Gasteiger partial charge in [0.1, 0.15) is 0 Å². The largest absolute Gasteiger partial charge is 0.272 e. The van der Waals surface area contributed by atoms with Crippen LogP contribution in [0.4, 0.5) is 0 Å². The van der Waals surface area contributed by atoms with Gasteiger partial charge in [0.2, 0.25) is 0 Å². The highest BCUT2D eigenvalue weighted by Crippen LogP contribution is 2.52. The zero-order chi connectivity index (χ0) is 14.6. The van der Waals surface area contributed by atoms with E-state index in [9.17, 15) is 14.4 Å². The van der Waals surface area contributed by atoms with Gasteiger partial charge < -0.3 is 0 Å². The number of benzene rings is 1. The fourth-order valence-corrected chi connectivity index (χ4v) is 3.77. The molecule has 3 amide bonds. The Balaban J connectivity index is 1.56. The molecule has 0 spiro atoms. The van der Waals surface area contributed by atoms with Gasteiger partial charge in [-0.25, -0.2) is 0 Å². The van der Waals surface area contributed by atoms with Gasteiger partial charge in [-0.05, 0) is 30.4 Å². The van der Waals surface area contributed by atoms with E-state index in [1.54, 1.807) is 30.3 Å². The summed E-state index contributed by atoms with van der Waals surface area (Å²) in [5, 5.41) is 0.927. The minimum Gasteiger partial charge on any atom is -0.272 e. The number of hydrogen-bond acceptors (Lipinski definition) is 3. The van der Waals surface area contributed by atoms with Gasteiger partial charge in [-0.15, -0.1) is 0 Å². The number of allylic oxidation sites excluding steroid dienone is 2. The molecule has 106 valence electrons. The Bertz CT molecular complexity index is 637. The lowest BCUT2D eigenvalue weighted by Crippen LogP contribution is -2.47. The molecule has 1 aliphatic heterocycles. The number of rotatable bonds is 2. The number of hydrogen-bond donors (Lipinski definition) is 1. The molecule has 3 aliphatic rings. The lowest BCUT2D eigenvalue weighted by atomic mass is 9.85. The molecule has 5 nitrogen and oxygen atoms in total. The normalized spacial score (nSPS) is 32.7. The van der Waals surface area contributed by atoms with Crippen LogP contribution in [0.5, 0.6) is 0 Å². The van der Waals surface area contributed by atoms with Gasteiger partial charge >= 0.3 is 0 Å². The summed E-state index contributed by atoms with van der Waals surface area (Å²) in [6.07, 6.45) is 4.94. The molecular formula is C16H14N2O3.